The van der Waals surface area contributed by atoms with Gasteiger partial charge in [0.15, 0.2) is 0 Å². The number of carboxylic acid groups (broad SMARTS) is 1. The van der Waals surface area contributed by atoms with Crippen LogP contribution in [-0.2, 0) is 17.6 Å². The zero-order chi connectivity index (χ0) is 22.3. The number of aryl methyl sites for hydroxylation is 2. The van der Waals surface area contributed by atoms with E-state index in [1.807, 2.05) is 6.07 Å². The van der Waals surface area contributed by atoms with E-state index in [-0.39, 0.29) is 12.4 Å². The number of carboxylic acids is 1. The van der Waals surface area contributed by atoms with Crippen LogP contribution < -0.4 is 10.1 Å². The first-order valence-electron chi connectivity index (χ1n) is 10.5. The normalized spacial score (nSPS) is 14.4. The van der Waals surface area contributed by atoms with Gasteiger partial charge in [-0.05, 0) is 49.3 Å². The van der Waals surface area contributed by atoms with E-state index < -0.39 is 30.7 Å². The molecular formula is C22H28F2N4O3. The van der Waals surface area contributed by atoms with E-state index in [0.29, 0.717) is 24.8 Å². The second-order valence-corrected chi connectivity index (χ2v) is 7.91. The third-order valence-electron chi connectivity index (χ3n) is 5.45. The Kier molecular flexibility index (Phi) is 7.70. The summed E-state index contributed by atoms with van der Waals surface area (Å²) in [5.41, 5.74) is 2.47. The number of hydrogen-bond acceptors (Lipinski definition) is 6. The molecule has 2 aromatic rings. The summed E-state index contributed by atoms with van der Waals surface area (Å²) in [6, 6.07) is 4.14. The topological polar surface area (TPSA) is 97.2 Å². The van der Waals surface area contributed by atoms with Gasteiger partial charge in [0, 0.05) is 43.4 Å². The van der Waals surface area contributed by atoms with Crippen molar-refractivity contribution >= 4 is 11.8 Å². The first kappa shape index (κ1) is 22.8. The van der Waals surface area contributed by atoms with Gasteiger partial charge in [-0.1, -0.05) is 6.07 Å². The summed E-state index contributed by atoms with van der Waals surface area (Å²) in [7, 11) is 1.40. The second kappa shape index (κ2) is 10.5. The van der Waals surface area contributed by atoms with E-state index in [2.05, 4.69) is 26.3 Å². The van der Waals surface area contributed by atoms with E-state index in [4.69, 9.17) is 9.84 Å². The predicted octanol–water partition coefficient (Wildman–Crippen LogP) is 4.24. The fraction of sp³-hybridized carbons (Fsp3) is 0.545. The van der Waals surface area contributed by atoms with Crippen molar-refractivity contribution in [2.45, 2.75) is 63.2 Å². The minimum Gasteiger partial charge on any atom is -0.481 e. The number of ether oxygens (including phenoxy) is 1. The maximum Gasteiger partial charge on any atom is 0.316 e. The lowest BCUT2D eigenvalue weighted by Gasteiger charge is -2.22. The van der Waals surface area contributed by atoms with Crippen LogP contribution in [0.15, 0.2) is 24.5 Å². The largest absolute Gasteiger partial charge is 0.481 e. The van der Waals surface area contributed by atoms with Crippen molar-refractivity contribution in [2.75, 3.05) is 19.0 Å². The number of carbonyl (C=O) groups is 1. The smallest absolute Gasteiger partial charge is 0.316 e. The Hall–Kier alpha value is -2.84. The summed E-state index contributed by atoms with van der Waals surface area (Å²) < 4.78 is 34.1. The average molecular weight is 434 g/mol. The van der Waals surface area contributed by atoms with Gasteiger partial charge >= 0.3 is 12.0 Å². The summed E-state index contributed by atoms with van der Waals surface area (Å²) in [5, 5.41) is 12.4. The number of halogens is 2. The van der Waals surface area contributed by atoms with Crippen molar-refractivity contribution in [2.24, 2.45) is 0 Å². The molecule has 7 nitrogen and oxygen atoms in total. The molecule has 0 saturated heterocycles. The molecule has 9 heteroatoms. The predicted molar refractivity (Wildman–Crippen MR) is 112 cm³/mol. The number of fused-ring (bicyclic) bond motifs is 1. The van der Waals surface area contributed by atoms with Crippen LogP contribution in [0.3, 0.4) is 0 Å². The zero-order valence-electron chi connectivity index (χ0n) is 17.6. The number of alkyl halides is 2. The maximum absolute atomic E-state index is 14.6. The van der Waals surface area contributed by atoms with E-state index in [9.17, 15) is 13.6 Å². The van der Waals surface area contributed by atoms with Crippen molar-refractivity contribution < 1.29 is 23.4 Å². The average Bonchev–Trinajstić information content (AvgIpc) is 2.76. The third-order valence-corrected chi connectivity index (χ3v) is 5.45. The highest BCUT2D eigenvalue weighted by atomic mass is 19.3. The number of nitrogens with one attached hydrogen (secondary N) is 1. The van der Waals surface area contributed by atoms with Gasteiger partial charge in [0.05, 0.1) is 13.5 Å². The highest BCUT2D eigenvalue weighted by Gasteiger charge is 2.34. The van der Waals surface area contributed by atoms with Crippen LogP contribution >= 0.6 is 0 Å². The van der Waals surface area contributed by atoms with Crippen LogP contribution in [0.1, 0.15) is 61.3 Å². The van der Waals surface area contributed by atoms with Crippen molar-refractivity contribution in [1.29, 1.82) is 0 Å². The Morgan fingerprint density at radius 2 is 2.06 bits per heavy atom. The number of unbranched alkanes of at least 4 members (excludes halogenated alkanes) is 1. The van der Waals surface area contributed by atoms with Gasteiger partial charge in [-0.2, -0.15) is 0 Å². The van der Waals surface area contributed by atoms with Gasteiger partial charge in [0.25, 0.3) is 0 Å². The number of anilines is 1. The number of rotatable bonds is 11. The molecule has 2 aromatic heterocycles. The van der Waals surface area contributed by atoms with Crippen LogP contribution in [-0.4, -0.2) is 45.6 Å². The van der Waals surface area contributed by atoms with E-state index in [1.54, 1.807) is 0 Å². The van der Waals surface area contributed by atoms with Crippen LogP contribution in [0.4, 0.5) is 14.6 Å². The first-order valence-corrected chi connectivity index (χ1v) is 10.5. The lowest BCUT2D eigenvalue weighted by molar-refractivity contribution is -0.138. The number of pyridine rings is 1. The number of hydrogen-bond donors (Lipinski definition) is 2. The number of aliphatic carboxylic acids is 1. The Balaban J connectivity index is 1.52. The van der Waals surface area contributed by atoms with E-state index >= 15 is 0 Å². The van der Waals surface area contributed by atoms with Gasteiger partial charge < -0.3 is 15.2 Å². The van der Waals surface area contributed by atoms with Crippen LogP contribution in [0.2, 0.25) is 0 Å². The van der Waals surface area contributed by atoms with Crippen molar-refractivity contribution in [3.8, 4) is 6.01 Å². The molecule has 0 aromatic carbocycles. The fourth-order valence-electron chi connectivity index (χ4n) is 3.82. The van der Waals surface area contributed by atoms with Crippen molar-refractivity contribution in [3.63, 3.8) is 0 Å². The summed E-state index contributed by atoms with van der Waals surface area (Å²) in [4.78, 5) is 23.6. The fourth-order valence-corrected chi connectivity index (χ4v) is 3.82. The summed E-state index contributed by atoms with van der Waals surface area (Å²) in [5.74, 6) is -4.08. The Morgan fingerprint density at radius 3 is 2.77 bits per heavy atom. The molecule has 0 amide bonds. The lowest BCUT2D eigenvalue weighted by Crippen LogP contribution is -2.22. The van der Waals surface area contributed by atoms with Gasteiger partial charge in [0.1, 0.15) is 5.82 Å². The Labute approximate surface area is 180 Å². The third kappa shape index (κ3) is 6.83. The summed E-state index contributed by atoms with van der Waals surface area (Å²) in [6.45, 7) is 0.909. The molecule has 0 spiro atoms. The summed E-state index contributed by atoms with van der Waals surface area (Å²) in [6.07, 6.45) is 5.10. The summed E-state index contributed by atoms with van der Waals surface area (Å²) >= 11 is 0. The molecule has 1 unspecified atom stereocenters. The monoisotopic (exact) mass is 434 g/mol. The van der Waals surface area contributed by atoms with Crippen LogP contribution in [0.5, 0.6) is 6.01 Å². The molecule has 1 aliphatic heterocycles. The molecule has 0 saturated carbocycles. The van der Waals surface area contributed by atoms with Gasteiger partial charge in [-0.3, -0.25) is 4.79 Å². The minimum atomic E-state index is -2.98. The van der Waals surface area contributed by atoms with Gasteiger partial charge in [-0.15, -0.1) is 0 Å². The maximum atomic E-state index is 14.6. The van der Waals surface area contributed by atoms with Gasteiger partial charge in [-0.25, -0.2) is 23.7 Å². The van der Waals surface area contributed by atoms with Crippen LogP contribution in [0, 0.1) is 0 Å². The molecule has 31 heavy (non-hydrogen) atoms. The standard InChI is InChI=1S/C22H28F2N4O3/c1-31-21-26-13-17(14-27-21)16(11-19(29)30)12-22(23,24)9-3-2-6-18-8-7-15-5-4-10-25-20(15)28-18/h7-8,13-14,16H,2-6,9-12H2,1H3,(H,25,28)(H,29,30). The highest BCUT2D eigenvalue weighted by molar-refractivity contribution is 5.68. The molecular weight excluding hydrogens is 406 g/mol. The molecule has 0 fully saturated rings. The van der Waals surface area contributed by atoms with Gasteiger partial charge in [0.2, 0.25) is 5.92 Å². The molecule has 1 aliphatic rings. The Bertz CT molecular complexity index is 878. The molecule has 3 rings (SSSR count). The van der Waals surface area contributed by atoms with Crippen molar-refractivity contribution in [3.05, 3.63) is 41.3 Å². The second-order valence-electron chi connectivity index (χ2n) is 7.91. The molecule has 2 N–H and O–H groups in total. The SMILES string of the molecule is COc1ncc(C(CC(=O)O)CC(F)(F)CCCCc2ccc3c(n2)NCCC3)cn1. The van der Waals surface area contributed by atoms with E-state index in [1.165, 1.54) is 25.1 Å². The quantitative estimate of drug-likeness (QED) is 0.511. The number of aromatic nitrogens is 3. The molecule has 1 atom stereocenters. The number of methoxy groups -OCH3 is 1. The molecule has 0 radical (unpaired) electrons. The molecule has 0 bridgehead atoms. The minimum absolute atomic E-state index is 0.107. The Morgan fingerprint density at radius 1 is 1.29 bits per heavy atom. The number of nitrogens with zero attached hydrogens (tertiary/aromatic N) is 3. The lowest BCUT2D eigenvalue weighted by atomic mass is 9.89. The first-order chi connectivity index (χ1) is 14.9. The molecule has 0 aliphatic carbocycles. The molecule has 3 heterocycles. The van der Waals surface area contributed by atoms with E-state index in [0.717, 1.165) is 30.9 Å². The van der Waals surface area contributed by atoms with Crippen molar-refractivity contribution in [1.82, 2.24) is 15.0 Å². The molecule has 168 valence electrons. The zero-order valence-corrected chi connectivity index (χ0v) is 17.6. The highest BCUT2D eigenvalue weighted by Crippen LogP contribution is 2.36. The van der Waals surface area contributed by atoms with Crippen LogP contribution in [0.25, 0.3) is 0 Å².